The van der Waals surface area contributed by atoms with Crippen molar-refractivity contribution in [3.63, 3.8) is 0 Å². The molecule has 146 valence electrons. The van der Waals surface area contributed by atoms with Gasteiger partial charge in [-0.2, -0.15) is 0 Å². The van der Waals surface area contributed by atoms with Gasteiger partial charge < -0.3 is 5.32 Å². The molecule has 0 radical (unpaired) electrons. The smallest absolute Gasteiger partial charge is 0.270 e. The fourth-order valence-corrected chi connectivity index (χ4v) is 3.67. The fourth-order valence-electron chi connectivity index (χ4n) is 2.96. The number of nitro benzene ring substituents is 1. The van der Waals surface area contributed by atoms with Crippen LogP contribution in [0.25, 0.3) is 0 Å². The van der Waals surface area contributed by atoms with Crippen LogP contribution in [0.1, 0.15) is 57.2 Å². The van der Waals surface area contributed by atoms with Gasteiger partial charge in [-0.1, -0.05) is 0 Å². The van der Waals surface area contributed by atoms with Crippen molar-refractivity contribution < 1.29 is 19.3 Å². The summed E-state index contributed by atoms with van der Waals surface area (Å²) in [6.45, 7) is 3.79. The van der Waals surface area contributed by atoms with E-state index in [-0.39, 0.29) is 41.7 Å². The van der Waals surface area contributed by atoms with Crippen molar-refractivity contribution in [2.75, 3.05) is 6.54 Å². The molecule has 1 aromatic heterocycles. The molecule has 0 fully saturated rings. The molecule has 10 heteroatoms. The van der Waals surface area contributed by atoms with E-state index in [1.807, 2.05) is 19.2 Å². The maximum Gasteiger partial charge on any atom is 0.270 e. The number of nitro groups is 1. The Morgan fingerprint density at radius 3 is 2.68 bits per heavy atom. The predicted octanol–water partition coefficient (Wildman–Crippen LogP) is 2.61. The van der Waals surface area contributed by atoms with Gasteiger partial charge in [0.2, 0.25) is 5.91 Å². The standard InChI is InChI=1S/C18H18N4O5S/c1-10(15-9-28-11(2)20-15)19-16(23)4-3-7-21-17(24)13-6-5-12(22(26)27)8-14(13)18(21)25/h5-6,8-10H,3-4,7H2,1-2H3,(H,19,23). The lowest BCUT2D eigenvalue weighted by atomic mass is 10.1. The summed E-state index contributed by atoms with van der Waals surface area (Å²) in [6.07, 6.45) is 0.434. The normalized spacial score (nSPS) is 14.1. The number of hydrogen-bond acceptors (Lipinski definition) is 7. The Morgan fingerprint density at radius 2 is 2.04 bits per heavy atom. The molecular weight excluding hydrogens is 384 g/mol. The first kappa shape index (κ1) is 19.6. The lowest BCUT2D eigenvalue weighted by Gasteiger charge is -2.15. The van der Waals surface area contributed by atoms with Gasteiger partial charge in [-0.15, -0.1) is 11.3 Å². The number of aromatic nitrogens is 1. The molecule has 9 nitrogen and oxygen atoms in total. The summed E-state index contributed by atoms with van der Waals surface area (Å²) in [5.74, 6) is -1.28. The Bertz CT molecular complexity index is 971. The quantitative estimate of drug-likeness (QED) is 0.431. The second kappa shape index (κ2) is 7.85. The summed E-state index contributed by atoms with van der Waals surface area (Å²) in [4.78, 5) is 52.5. The predicted molar refractivity (Wildman–Crippen MR) is 101 cm³/mol. The van der Waals surface area contributed by atoms with E-state index in [0.29, 0.717) is 6.42 Å². The second-order valence-corrected chi connectivity index (χ2v) is 7.50. The van der Waals surface area contributed by atoms with Crippen molar-refractivity contribution in [2.24, 2.45) is 0 Å². The number of imide groups is 1. The third-order valence-corrected chi connectivity index (χ3v) is 5.20. The van der Waals surface area contributed by atoms with Gasteiger partial charge in [-0.05, 0) is 26.3 Å². The summed E-state index contributed by atoms with van der Waals surface area (Å²) >= 11 is 1.51. The van der Waals surface area contributed by atoms with Gasteiger partial charge in [0.1, 0.15) is 0 Å². The van der Waals surface area contributed by atoms with Gasteiger partial charge in [0.15, 0.2) is 0 Å². The van der Waals surface area contributed by atoms with Gasteiger partial charge in [-0.3, -0.25) is 29.4 Å². The largest absolute Gasteiger partial charge is 0.348 e. The first-order chi connectivity index (χ1) is 13.3. The molecular formula is C18H18N4O5S. The number of nitrogens with one attached hydrogen (secondary N) is 1. The molecule has 0 aliphatic carbocycles. The number of carbonyl (C=O) groups excluding carboxylic acids is 3. The Hall–Kier alpha value is -3.14. The topological polar surface area (TPSA) is 123 Å². The first-order valence-corrected chi connectivity index (χ1v) is 9.52. The Balaban J connectivity index is 1.55. The molecule has 28 heavy (non-hydrogen) atoms. The Morgan fingerprint density at radius 1 is 1.32 bits per heavy atom. The van der Waals surface area contributed by atoms with Crippen LogP contribution in [0, 0.1) is 17.0 Å². The van der Waals surface area contributed by atoms with Gasteiger partial charge in [0.25, 0.3) is 17.5 Å². The van der Waals surface area contributed by atoms with E-state index in [2.05, 4.69) is 10.3 Å². The number of non-ortho nitro benzene ring substituents is 1. The van der Waals surface area contributed by atoms with Crippen molar-refractivity contribution in [1.82, 2.24) is 15.2 Å². The van der Waals surface area contributed by atoms with Crippen LogP contribution in [-0.4, -0.2) is 39.1 Å². The van der Waals surface area contributed by atoms with Crippen LogP contribution in [0.3, 0.4) is 0 Å². The molecule has 0 saturated heterocycles. The molecule has 1 aliphatic heterocycles. The minimum absolute atomic E-state index is 0.0242. The average molecular weight is 402 g/mol. The number of nitrogens with zero attached hydrogens (tertiary/aromatic N) is 3. The Labute approximate surface area is 164 Å². The number of amides is 3. The van der Waals surface area contributed by atoms with E-state index >= 15 is 0 Å². The zero-order chi connectivity index (χ0) is 20.4. The lowest BCUT2D eigenvalue weighted by Crippen LogP contribution is -2.32. The molecule has 1 N–H and O–H groups in total. The third-order valence-electron chi connectivity index (χ3n) is 4.41. The maximum atomic E-state index is 12.4. The summed E-state index contributed by atoms with van der Waals surface area (Å²) in [5, 5.41) is 16.5. The van der Waals surface area contributed by atoms with Crippen LogP contribution in [0.2, 0.25) is 0 Å². The number of carbonyl (C=O) groups is 3. The molecule has 3 rings (SSSR count). The van der Waals surface area contributed by atoms with E-state index < -0.39 is 16.7 Å². The summed E-state index contributed by atoms with van der Waals surface area (Å²) in [5.41, 5.74) is 0.717. The van der Waals surface area contributed by atoms with E-state index in [1.54, 1.807) is 0 Å². The van der Waals surface area contributed by atoms with Gasteiger partial charge in [0.05, 0.1) is 32.8 Å². The first-order valence-electron chi connectivity index (χ1n) is 8.64. The number of rotatable bonds is 7. The highest BCUT2D eigenvalue weighted by Crippen LogP contribution is 2.27. The maximum absolute atomic E-state index is 12.4. The van der Waals surface area contributed by atoms with Crippen LogP contribution in [0.5, 0.6) is 0 Å². The highest BCUT2D eigenvalue weighted by Gasteiger charge is 2.36. The van der Waals surface area contributed by atoms with E-state index in [4.69, 9.17) is 0 Å². The van der Waals surface area contributed by atoms with Crippen LogP contribution in [0.15, 0.2) is 23.6 Å². The highest BCUT2D eigenvalue weighted by atomic mass is 32.1. The van der Waals surface area contributed by atoms with E-state index in [1.165, 1.54) is 23.5 Å². The van der Waals surface area contributed by atoms with Crippen LogP contribution >= 0.6 is 11.3 Å². The van der Waals surface area contributed by atoms with Crippen molar-refractivity contribution in [3.8, 4) is 0 Å². The van der Waals surface area contributed by atoms with Crippen LogP contribution in [-0.2, 0) is 4.79 Å². The number of benzene rings is 1. The molecule has 1 atom stereocenters. The van der Waals surface area contributed by atoms with Crippen molar-refractivity contribution in [3.05, 3.63) is 55.5 Å². The van der Waals surface area contributed by atoms with Gasteiger partial charge >= 0.3 is 0 Å². The molecule has 0 saturated carbocycles. The second-order valence-electron chi connectivity index (χ2n) is 6.43. The summed E-state index contributed by atoms with van der Waals surface area (Å²) < 4.78 is 0. The molecule has 1 unspecified atom stereocenters. The molecule has 1 aromatic carbocycles. The molecule has 1 aliphatic rings. The van der Waals surface area contributed by atoms with Crippen LogP contribution in [0.4, 0.5) is 5.69 Å². The number of hydrogen-bond donors (Lipinski definition) is 1. The van der Waals surface area contributed by atoms with E-state index in [9.17, 15) is 24.5 Å². The number of thiazole rings is 1. The minimum atomic E-state index is -0.615. The van der Waals surface area contributed by atoms with Crippen molar-refractivity contribution >= 4 is 34.7 Å². The minimum Gasteiger partial charge on any atom is -0.348 e. The highest BCUT2D eigenvalue weighted by molar-refractivity contribution is 7.09. The molecule has 0 spiro atoms. The average Bonchev–Trinajstić information content (AvgIpc) is 3.18. The molecule has 2 aromatic rings. The van der Waals surface area contributed by atoms with E-state index in [0.717, 1.165) is 21.7 Å². The van der Waals surface area contributed by atoms with Crippen molar-refractivity contribution in [1.29, 1.82) is 0 Å². The van der Waals surface area contributed by atoms with Gasteiger partial charge in [-0.25, -0.2) is 4.98 Å². The molecule has 2 heterocycles. The number of aryl methyl sites for hydroxylation is 1. The number of fused-ring (bicyclic) bond motifs is 1. The molecule has 3 amide bonds. The van der Waals surface area contributed by atoms with Gasteiger partial charge in [0, 0.05) is 30.5 Å². The monoisotopic (exact) mass is 402 g/mol. The fraction of sp³-hybridized carbons (Fsp3) is 0.333. The summed E-state index contributed by atoms with van der Waals surface area (Å²) in [7, 11) is 0. The SMILES string of the molecule is Cc1nc(C(C)NC(=O)CCCN2C(=O)c3ccc([N+](=O)[O-])cc3C2=O)cs1. The lowest BCUT2D eigenvalue weighted by molar-refractivity contribution is -0.384. The Kier molecular flexibility index (Phi) is 5.50. The summed E-state index contributed by atoms with van der Waals surface area (Å²) in [6, 6.07) is 3.37. The van der Waals surface area contributed by atoms with Crippen LogP contribution < -0.4 is 5.32 Å². The molecule has 0 bridgehead atoms. The zero-order valence-electron chi connectivity index (χ0n) is 15.3. The zero-order valence-corrected chi connectivity index (χ0v) is 16.1. The van der Waals surface area contributed by atoms with Crippen molar-refractivity contribution in [2.45, 2.75) is 32.7 Å². The third kappa shape index (κ3) is 3.91.